The monoisotopic (exact) mass is 213 g/mol. The number of hydrogen-bond acceptors (Lipinski definition) is 3. The number of benzene rings is 1. The number of halogens is 1. The van der Waals surface area contributed by atoms with Crippen LogP contribution < -0.4 is 5.48 Å². The van der Waals surface area contributed by atoms with Crippen molar-refractivity contribution >= 4 is 11.9 Å². The highest BCUT2D eigenvalue weighted by Crippen LogP contribution is 2.02. The Morgan fingerprint density at radius 1 is 1.33 bits per heavy atom. The van der Waals surface area contributed by atoms with Crippen LogP contribution in [-0.2, 0) is 9.63 Å². The maximum atomic E-state index is 12.5. The lowest BCUT2D eigenvalue weighted by Gasteiger charge is -2.03. The Balaban J connectivity index is 2.47. The number of carbonyl (C=O) groups excluding carboxylic acids is 1. The van der Waals surface area contributed by atoms with Crippen molar-refractivity contribution in [2.45, 2.75) is 0 Å². The Hall–Kier alpha value is -1.95. The lowest BCUT2D eigenvalue weighted by molar-refractivity contribution is -0.144. The van der Waals surface area contributed by atoms with Crippen molar-refractivity contribution in [1.82, 2.24) is 5.48 Å². The van der Waals surface area contributed by atoms with Crippen LogP contribution in [0, 0.1) is 5.82 Å². The van der Waals surface area contributed by atoms with E-state index in [1.54, 1.807) is 0 Å². The Kier molecular flexibility index (Phi) is 3.75. The average Bonchev–Trinajstić information content (AvgIpc) is 2.18. The molecular formula is C9H8FNO4. The summed E-state index contributed by atoms with van der Waals surface area (Å²) in [7, 11) is 0. The van der Waals surface area contributed by atoms with E-state index in [2.05, 4.69) is 4.84 Å². The Labute approximate surface area is 84.4 Å². The summed E-state index contributed by atoms with van der Waals surface area (Å²) in [6.07, 6.45) is 0. The Bertz CT molecular complexity index is 363. The number of carboxylic acids is 1. The summed E-state index contributed by atoms with van der Waals surface area (Å²) in [5.41, 5.74) is 2.09. The van der Waals surface area contributed by atoms with E-state index in [1.807, 2.05) is 5.48 Å². The standard InChI is InChI=1S/C9H8FNO4/c10-7-3-1-6(2-4-7)9(14)11-15-5-8(12)13/h1-4H,5H2,(H,11,14)(H,12,13). The van der Waals surface area contributed by atoms with Gasteiger partial charge in [0.15, 0.2) is 6.61 Å². The number of rotatable bonds is 4. The van der Waals surface area contributed by atoms with Crippen molar-refractivity contribution in [3.63, 3.8) is 0 Å². The molecule has 1 aromatic rings. The molecule has 0 fully saturated rings. The topological polar surface area (TPSA) is 75.6 Å². The van der Waals surface area contributed by atoms with Gasteiger partial charge in [-0.2, -0.15) is 0 Å². The van der Waals surface area contributed by atoms with Crippen molar-refractivity contribution in [3.05, 3.63) is 35.6 Å². The first kappa shape index (κ1) is 11.1. The molecule has 2 N–H and O–H groups in total. The van der Waals surface area contributed by atoms with Crippen molar-refractivity contribution in [1.29, 1.82) is 0 Å². The van der Waals surface area contributed by atoms with E-state index in [0.29, 0.717) is 0 Å². The third-order valence-electron chi connectivity index (χ3n) is 1.47. The van der Waals surface area contributed by atoms with Crippen molar-refractivity contribution < 1.29 is 23.9 Å². The number of nitrogens with one attached hydrogen (secondary N) is 1. The lowest BCUT2D eigenvalue weighted by atomic mass is 10.2. The fourth-order valence-electron chi connectivity index (χ4n) is 0.824. The van der Waals surface area contributed by atoms with Crippen molar-refractivity contribution in [2.24, 2.45) is 0 Å². The normalized spacial score (nSPS) is 9.67. The molecule has 0 spiro atoms. The molecule has 80 valence electrons. The maximum Gasteiger partial charge on any atom is 0.332 e. The third-order valence-corrected chi connectivity index (χ3v) is 1.47. The quantitative estimate of drug-likeness (QED) is 0.717. The molecule has 0 saturated carbocycles. The molecule has 0 atom stereocenters. The largest absolute Gasteiger partial charge is 0.479 e. The molecule has 0 aliphatic carbocycles. The summed E-state index contributed by atoms with van der Waals surface area (Å²) in [6.45, 7) is -0.632. The number of carbonyl (C=O) groups is 2. The summed E-state index contributed by atoms with van der Waals surface area (Å²) in [5, 5.41) is 8.21. The molecule has 0 aliphatic heterocycles. The van der Waals surface area contributed by atoms with E-state index in [0.717, 1.165) is 12.1 Å². The molecule has 5 nitrogen and oxygen atoms in total. The number of aliphatic carboxylic acids is 1. The molecule has 1 rings (SSSR count). The maximum absolute atomic E-state index is 12.5. The minimum atomic E-state index is -1.20. The minimum absolute atomic E-state index is 0.182. The second kappa shape index (κ2) is 5.06. The summed E-state index contributed by atoms with van der Waals surface area (Å²) in [5.74, 6) is -2.29. The first-order valence-corrected chi connectivity index (χ1v) is 3.99. The molecule has 1 aromatic carbocycles. The highest BCUT2D eigenvalue weighted by atomic mass is 19.1. The fraction of sp³-hybridized carbons (Fsp3) is 0.111. The van der Waals surface area contributed by atoms with Gasteiger partial charge in [0.05, 0.1) is 0 Å². The molecule has 0 radical (unpaired) electrons. The smallest absolute Gasteiger partial charge is 0.332 e. The predicted octanol–water partition coefficient (Wildman–Crippen LogP) is 0.572. The van der Waals surface area contributed by atoms with Gasteiger partial charge in [0.2, 0.25) is 0 Å². The molecule has 0 bridgehead atoms. The van der Waals surface area contributed by atoms with Gasteiger partial charge in [0.25, 0.3) is 5.91 Å². The Morgan fingerprint density at radius 2 is 1.93 bits per heavy atom. The first-order chi connectivity index (χ1) is 7.09. The SMILES string of the molecule is O=C(O)CONC(=O)c1ccc(F)cc1. The molecule has 15 heavy (non-hydrogen) atoms. The van der Waals surface area contributed by atoms with E-state index >= 15 is 0 Å². The van der Waals surface area contributed by atoms with Crippen molar-refractivity contribution in [2.75, 3.05) is 6.61 Å². The van der Waals surface area contributed by atoms with Crippen molar-refractivity contribution in [3.8, 4) is 0 Å². The van der Waals surface area contributed by atoms with Crippen LogP contribution in [0.15, 0.2) is 24.3 Å². The lowest BCUT2D eigenvalue weighted by Crippen LogP contribution is -2.26. The van der Waals surface area contributed by atoms with Crippen LogP contribution in [-0.4, -0.2) is 23.6 Å². The van der Waals surface area contributed by atoms with Gasteiger partial charge in [-0.15, -0.1) is 0 Å². The van der Waals surface area contributed by atoms with Crippen LogP contribution >= 0.6 is 0 Å². The van der Waals surface area contributed by atoms with Crippen LogP contribution in [0.2, 0.25) is 0 Å². The third kappa shape index (κ3) is 3.74. The molecule has 1 amide bonds. The van der Waals surface area contributed by atoms with E-state index in [1.165, 1.54) is 12.1 Å². The second-order valence-corrected chi connectivity index (χ2v) is 2.62. The van der Waals surface area contributed by atoms with Crippen LogP contribution in [0.3, 0.4) is 0 Å². The molecule has 0 heterocycles. The molecule has 0 aromatic heterocycles. The van der Waals surface area contributed by atoms with Crippen LogP contribution in [0.5, 0.6) is 0 Å². The zero-order valence-corrected chi connectivity index (χ0v) is 7.57. The predicted molar refractivity (Wildman–Crippen MR) is 47.5 cm³/mol. The first-order valence-electron chi connectivity index (χ1n) is 3.99. The molecule has 0 saturated heterocycles. The molecular weight excluding hydrogens is 205 g/mol. The highest BCUT2D eigenvalue weighted by Gasteiger charge is 2.06. The van der Waals surface area contributed by atoms with Gasteiger partial charge in [-0.1, -0.05) is 0 Å². The summed E-state index contributed by atoms with van der Waals surface area (Å²) in [6, 6.07) is 4.75. The summed E-state index contributed by atoms with van der Waals surface area (Å²) < 4.78 is 12.5. The van der Waals surface area contributed by atoms with E-state index in [9.17, 15) is 14.0 Å². The number of hydroxylamine groups is 1. The number of carboxylic acid groups (broad SMARTS) is 1. The fourth-order valence-corrected chi connectivity index (χ4v) is 0.824. The van der Waals surface area contributed by atoms with Gasteiger partial charge in [0, 0.05) is 5.56 Å². The van der Waals surface area contributed by atoms with Gasteiger partial charge in [-0.05, 0) is 24.3 Å². The van der Waals surface area contributed by atoms with E-state index in [-0.39, 0.29) is 5.56 Å². The van der Waals surface area contributed by atoms with Gasteiger partial charge < -0.3 is 5.11 Å². The average molecular weight is 213 g/mol. The van der Waals surface area contributed by atoms with Crippen LogP contribution in [0.4, 0.5) is 4.39 Å². The summed E-state index contributed by atoms with van der Waals surface area (Å²) >= 11 is 0. The number of hydrogen-bond donors (Lipinski definition) is 2. The molecule has 0 unspecified atom stereocenters. The van der Waals surface area contributed by atoms with Gasteiger partial charge in [0.1, 0.15) is 5.82 Å². The minimum Gasteiger partial charge on any atom is -0.479 e. The zero-order valence-electron chi connectivity index (χ0n) is 7.57. The molecule has 0 aliphatic rings. The van der Waals surface area contributed by atoms with E-state index in [4.69, 9.17) is 5.11 Å². The molecule has 6 heteroatoms. The van der Waals surface area contributed by atoms with Gasteiger partial charge >= 0.3 is 5.97 Å². The van der Waals surface area contributed by atoms with Crippen LogP contribution in [0.1, 0.15) is 10.4 Å². The zero-order chi connectivity index (χ0) is 11.3. The second-order valence-electron chi connectivity index (χ2n) is 2.62. The highest BCUT2D eigenvalue weighted by molar-refractivity contribution is 5.93. The Morgan fingerprint density at radius 3 is 2.47 bits per heavy atom. The summed E-state index contributed by atoms with van der Waals surface area (Å²) in [4.78, 5) is 25.6. The van der Waals surface area contributed by atoms with Gasteiger partial charge in [-0.25, -0.2) is 14.7 Å². The van der Waals surface area contributed by atoms with E-state index < -0.39 is 24.3 Å². The number of amides is 1. The van der Waals surface area contributed by atoms with Gasteiger partial charge in [-0.3, -0.25) is 9.63 Å². The van der Waals surface area contributed by atoms with Crippen LogP contribution in [0.25, 0.3) is 0 Å².